The summed E-state index contributed by atoms with van der Waals surface area (Å²) in [4.78, 5) is 0. The molecule has 6 nitrogen and oxygen atoms in total. The lowest BCUT2D eigenvalue weighted by Gasteiger charge is -2.23. The van der Waals surface area contributed by atoms with E-state index in [1.165, 1.54) is 0 Å². The summed E-state index contributed by atoms with van der Waals surface area (Å²) in [5.74, 6) is 4.74. The fourth-order valence-electron chi connectivity index (χ4n) is 3.67. The Morgan fingerprint density at radius 2 is 1.27 bits per heavy atom. The molecule has 0 amide bonds. The largest absolute Gasteiger partial charge is 0.497 e. The molecule has 1 aliphatic heterocycles. The second kappa shape index (κ2) is 9.61. The number of fused-ring (bicyclic) bond motifs is 1. The number of methoxy groups -OCH3 is 5. The molecule has 3 aromatic carbocycles. The summed E-state index contributed by atoms with van der Waals surface area (Å²) in [6.07, 6.45) is 3.95. The molecule has 3 aromatic rings. The van der Waals surface area contributed by atoms with Crippen LogP contribution in [0.1, 0.15) is 22.3 Å². The molecule has 0 spiro atoms. The van der Waals surface area contributed by atoms with Crippen LogP contribution in [0.2, 0.25) is 0 Å². The van der Waals surface area contributed by atoms with Crippen LogP contribution >= 0.6 is 0 Å². The van der Waals surface area contributed by atoms with Crippen LogP contribution in [0.4, 0.5) is 0 Å². The van der Waals surface area contributed by atoms with Gasteiger partial charge in [-0.3, -0.25) is 0 Å². The number of ether oxygens (including phenoxy) is 6. The topological polar surface area (TPSA) is 55.4 Å². The molecular formula is C27H26O6. The standard InChI is InChI=1S/C27H26O6/c1-28-20-9-7-18(8-10-20)23-14-19-15-26(31-4)27(32-5)16-21(19)24(33-23)12-17-6-11-22(29-2)25(13-17)30-3/h6-16H,1-5H3/b24-12-. The van der Waals surface area contributed by atoms with Crippen molar-refractivity contribution in [3.63, 3.8) is 0 Å². The zero-order chi connectivity index (χ0) is 23.4. The van der Waals surface area contributed by atoms with Crippen LogP contribution < -0.4 is 23.7 Å². The lowest BCUT2D eigenvalue weighted by Crippen LogP contribution is -2.04. The van der Waals surface area contributed by atoms with E-state index in [4.69, 9.17) is 28.4 Å². The van der Waals surface area contributed by atoms with E-state index >= 15 is 0 Å². The van der Waals surface area contributed by atoms with Gasteiger partial charge in [0.25, 0.3) is 0 Å². The summed E-state index contributed by atoms with van der Waals surface area (Å²) >= 11 is 0. The fourth-order valence-corrected chi connectivity index (χ4v) is 3.67. The van der Waals surface area contributed by atoms with Crippen LogP contribution in [0, 0.1) is 0 Å². The Morgan fingerprint density at radius 1 is 0.636 bits per heavy atom. The van der Waals surface area contributed by atoms with Crippen LogP contribution in [0.3, 0.4) is 0 Å². The Balaban J connectivity index is 1.85. The second-order valence-corrected chi connectivity index (χ2v) is 7.26. The molecule has 0 saturated heterocycles. The maximum atomic E-state index is 6.39. The second-order valence-electron chi connectivity index (χ2n) is 7.26. The van der Waals surface area contributed by atoms with Crippen LogP contribution in [0.15, 0.2) is 54.6 Å². The molecule has 0 fully saturated rings. The molecule has 0 N–H and O–H groups in total. The lowest BCUT2D eigenvalue weighted by atomic mass is 9.98. The first kappa shape index (κ1) is 22.1. The molecule has 33 heavy (non-hydrogen) atoms. The van der Waals surface area contributed by atoms with Gasteiger partial charge in [-0.15, -0.1) is 0 Å². The van der Waals surface area contributed by atoms with E-state index in [0.717, 1.165) is 28.0 Å². The predicted molar refractivity (Wildman–Crippen MR) is 129 cm³/mol. The summed E-state index contributed by atoms with van der Waals surface area (Å²) in [5, 5.41) is 0. The van der Waals surface area contributed by atoms with Gasteiger partial charge in [-0.25, -0.2) is 0 Å². The molecule has 0 aliphatic carbocycles. The molecule has 0 atom stereocenters. The molecule has 6 heteroatoms. The minimum absolute atomic E-state index is 0.624. The Hall–Kier alpha value is -4.06. The molecule has 0 radical (unpaired) electrons. The smallest absolute Gasteiger partial charge is 0.161 e. The first-order chi connectivity index (χ1) is 16.1. The van der Waals surface area contributed by atoms with Crippen LogP contribution in [-0.4, -0.2) is 35.5 Å². The van der Waals surface area contributed by atoms with E-state index in [0.29, 0.717) is 34.5 Å². The van der Waals surface area contributed by atoms with Gasteiger partial charge in [0.2, 0.25) is 0 Å². The van der Waals surface area contributed by atoms with Crippen molar-refractivity contribution in [2.45, 2.75) is 0 Å². The number of rotatable bonds is 7. The van der Waals surface area contributed by atoms with Crippen molar-refractivity contribution in [3.8, 4) is 28.7 Å². The maximum Gasteiger partial charge on any atom is 0.161 e. The predicted octanol–water partition coefficient (Wildman–Crippen LogP) is 5.76. The van der Waals surface area contributed by atoms with Crippen molar-refractivity contribution >= 4 is 23.7 Å². The van der Waals surface area contributed by atoms with Crippen LogP contribution in [-0.2, 0) is 4.74 Å². The number of hydrogen-bond acceptors (Lipinski definition) is 6. The summed E-state index contributed by atoms with van der Waals surface area (Å²) < 4.78 is 33.5. The molecule has 1 aliphatic rings. The van der Waals surface area contributed by atoms with Crippen molar-refractivity contribution in [1.82, 2.24) is 0 Å². The van der Waals surface area contributed by atoms with Gasteiger partial charge in [-0.05, 0) is 71.8 Å². The highest BCUT2D eigenvalue weighted by Gasteiger charge is 2.22. The van der Waals surface area contributed by atoms with Crippen LogP contribution in [0.5, 0.6) is 28.7 Å². The van der Waals surface area contributed by atoms with E-state index in [1.807, 2.05) is 66.7 Å². The summed E-state index contributed by atoms with van der Waals surface area (Å²) in [6.45, 7) is 0. The normalized spacial score (nSPS) is 13.5. The SMILES string of the molecule is COc1ccc(C2=Cc3cc(OC)c(OC)cc3/C(=C/c3ccc(OC)c(OC)c3)O2)cc1. The monoisotopic (exact) mass is 446 g/mol. The summed E-state index contributed by atoms with van der Waals surface area (Å²) in [5.41, 5.74) is 3.67. The van der Waals surface area contributed by atoms with Crippen molar-refractivity contribution < 1.29 is 28.4 Å². The molecule has 170 valence electrons. The van der Waals surface area contributed by atoms with Gasteiger partial charge in [-0.1, -0.05) is 6.07 Å². The molecule has 0 saturated carbocycles. The van der Waals surface area contributed by atoms with E-state index in [-0.39, 0.29) is 0 Å². The summed E-state index contributed by atoms with van der Waals surface area (Å²) in [6, 6.07) is 17.3. The number of hydrogen-bond donors (Lipinski definition) is 0. The van der Waals surface area contributed by atoms with Crippen molar-refractivity contribution in [1.29, 1.82) is 0 Å². The van der Waals surface area contributed by atoms with Crippen molar-refractivity contribution in [2.75, 3.05) is 35.5 Å². The van der Waals surface area contributed by atoms with Gasteiger partial charge in [0.15, 0.2) is 23.0 Å². The number of benzene rings is 3. The first-order valence-electron chi connectivity index (χ1n) is 10.3. The molecule has 4 rings (SSSR count). The third-order valence-electron chi connectivity index (χ3n) is 5.41. The van der Waals surface area contributed by atoms with Crippen molar-refractivity contribution in [2.24, 2.45) is 0 Å². The third-order valence-corrected chi connectivity index (χ3v) is 5.41. The minimum Gasteiger partial charge on any atom is -0.497 e. The zero-order valence-electron chi connectivity index (χ0n) is 19.3. The van der Waals surface area contributed by atoms with E-state index in [2.05, 4.69) is 0 Å². The highest BCUT2D eigenvalue weighted by Crippen LogP contribution is 2.42. The zero-order valence-corrected chi connectivity index (χ0v) is 19.3. The Morgan fingerprint density at radius 3 is 1.91 bits per heavy atom. The van der Waals surface area contributed by atoms with Gasteiger partial charge < -0.3 is 28.4 Å². The Kier molecular flexibility index (Phi) is 6.45. The van der Waals surface area contributed by atoms with E-state index in [9.17, 15) is 0 Å². The summed E-state index contributed by atoms with van der Waals surface area (Å²) in [7, 11) is 8.11. The third kappa shape index (κ3) is 4.46. The van der Waals surface area contributed by atoms with Gasteiger partial charge in [-0.2, -0.15) is 0 Å². The molecule has 0 bridgehead atoms. The lowest BCUT2D eigenvalue weighted by molar-refractivity contribution is 0.354. The molecule has 0 unspecified atom stereocenters. The maximum absolute atomic E-state index is 6.39. The average molecular weight is 446 g/mol. The Labute approximate surface area is 193 Å². The van der Waals surface area contributed by atoms with Gasteiger partial charge in [0.05, 0.1) is 35.5 Å². The minimum atomic E-state index is 0.624. The van der Waals surface area contributed by atoms with Gasteiger partial charge in [0, 0.05) is 11.1 Å². The Bertz CT molecular complexity index is 1210. The molecule has 1 heterocycles. The van der Waals surface area contributed by atoms with E-state index in [1.54, 1.807) is 35.5 Å². The molecular weight excluding hydrogens is 420 g/mol. The highest BCUT2D eigenvalue weighted by molar-refractivity contribution is 5.94. The fraction of sp³-hybridized carbons (Fsp3) is 0.185. The average Bonchev–Trinajstić information content (AvgIpc) is 2.87. The van der Waals surface area contributed by atoms with Gasteiger partial charge >= 0.3 is 0 Å². The first-order valence-corrected chi connectivity index (χ1v) is 10.3. The quantitative estimate of drug-likeness (QED) is 0.460. The van der Waals surface area contributed by atoms with Crippen molar-refractivity contribution in [3.05, 3.63) is 76.9 Å². The van der Waals surface area contributed by atoms with Gasteiger partial charge in [0.1, 0.15) is 17.3 Å². The van der Waals surface area contributed by atoms with E-state index < -0.39 is 0 Å². The molecule has 0 aromatic heterocycles. The van der Waals surface area contributed by atoms with Crippen LogP contribution in [0.25, 0.3) is 23.7 Å². The highest BCUT2D eigenvalue weighted by atomic mass is 16.5.